The predicted molar refractivity (Wildman–Crippen MR) is 76.4 cm³/mol. The lowest BCUT2D eigenvalue weighted by molar-refractivity contribution is -0.127. The van der Waals surface area contributed by atoms with Gasteiger partial charge in [0.2, 0.25) is 15.9 Å². The van der Waals surface area contributed by atoms with Crippen LogP contribution in [0.15, 0.2) is 23.1 Å². The van der Waals surface area contributed by atoms with E-state index in [1.165, 1.54) is 6.07 Å². The highest BCUT2D eigenvalue weighted by atomic mass is 32.2. The summed E-state index contributed by atoms with van der Waals surface area (Å²) in [5, 5.41) is 0. The van der Waals surface area contributed by atoms with E-state index in [0.29, 0.717) is 19.5 Å². The molecule has 0 spiro atoms. The van der Waals surface area contributed by atoms with Crippen LogP contribution in [0.25, 0.3) is 0 Å². The molecule has 1 heterocycles. The van der Waals surface area contributed by atoms with Crippen molar-refractivity contribution in [3.8, 4) is 0 Å². The SMILES string of the molecule is CC(CN1CCCC1=O)NS(=O)(=O)c1cc(N)cc(F)c1. The van der Waals surface area contributed by atoms with Crippen LogP contribution in [0.3, 0.4) is 0 Å². The zero-order valence-corrected chi connectivity index (χ0v) is 12.5. The molecule has 116 valence electrons. The van der Waals surface area contributed by atoms with E-state index in [1.807, 2.05) is 0 Å². The molecule has 1 unspecified atom stereocenters. The number of likely N-dealkylation sites (tertiary alicyclic amines) is 1. The summed E-state index contributed by atoms with van der Waals surface area (Å²) in [6.45, 7) is 2.59. The molecule has 1 atom stereocenters. The molecule has 1 aromatic rings. The molecule has 1 aliphatic rings. The van der Waals surface area contributed by atoms with Crippen LogP contribution in [0.1, 0.15) is 19.8 Å². The summed E-state index contributed by atoms with van der Waals surface area (Å²) in [5.41, 5.74) is 5.49. The van der Waals surface area contributed by atoms with Crippen molar-refractivity contribution in [2.45, 2.75) is 30.7 Å². The van der Waals surface area contributed by atoms with Crippen LogP contribution >= 0.6 is 0 Å². The Morgan fingerprint density at radius 1 is 1.43 bits per heavy atom. The normalized spacial score (nSPS) is 17.2. The van der Waals surface area contributed by atoms with E-state index in [0.717, 1.165) is 18.6 Å². The lowest BCUT2D eigenvalue weighted by Gasteiger charge is -2.21. The monoisotopic (exact) mass is 315 g/mol. The number of sulfonamides is 1. The van der Waals surface area contributed by atoms with Gasteiger partial charge >= 0.3 is 0 Å². The molecule has 0 bridgehead atoms. The van der Waals surface area contributed by atoms with Gasteiger partial charge in [-0.15, -0.1) is 0 Å². The van der Waals surface area contributed by atoms with Gasteiger partial charge in [-0.1, -0.05) is 0 Å². The predicted octanol–water partition coefficient (Wildman–Crippen LogP) is 0.697. The highest BCUT2D eigenvalue weighted by molar-refractivity contribution is 7.89. The number of hydrogen-bond acceptors (Lipinski definition) is 4. The van der Waals surface area contributed by atoms with E-state index in [1.54, 1.807) is 11.8 Å². The molecule has 3 N–H and O–H groups in total. The number of amides is 1. The number of nitrogens with zero attached hydrogens (tertiary/aromatic N) is 1. The van der Waals surface area contributed by atoms with Crippen LogP contribution in [0, 0.1) is 5.82 Å². The van der Waals surface area contributed by atoms with Gasteiger partial charge in [0.25, 0.3) is 0 Å². The maximum atomic E-state index is 13.2. The number of hydrogen-bond donors (Lipinski definition) is 2. The number of rotatable bonds is 5. The summed E-state index contributed by atoms with van der Waals surface area (Å²) in [5.74, 6) is -0.686. The van der Waals surface area contributed by atoms with Gasteiger partial charge in [0.05, 0.1) is 4.90 Å². The molecule has 1 aliphatic heterocycles. The molecule has 2 rings (SSSR count). The second-order valence-corrected chi connectivity index (χ2v) is 6.90. The number of anilines is 1. The Morgan fingerprint density at radius 2 is 2.14 bits per heavy atom. The third-order valence-corrected chi connectivity index (χ3v) is 4.79. The highest BCUT2D eigenvalue weighted by Crippen LogP contribution is 2.16. The average Bonchev–Trinajstić information content (AvgIpc) is 2.73. The van der Waals surface area contributed by atoms with Crippen molar-refractivity contribution in [1.29, 1.82) is 0 Å². The minimum Gasteiger partial charge on any atom is -0.399 e. The fourth-order valence-corrected chi connectivity index (χ4v) is 3.64. The van der Waals surface area contributed by atoms with Gasteiger partial charge in [-0.2, -0.15) is 0 Å². The van der Waals surface area contributed by atoms with Crippen molar-refractivity contribution in [2.75, 3.05) is 18.8 Å². The van der Waals surface area contributed by atoms with Crippen LogP contribution < -0.4 is 10.5 Å². The van der Waals surface area contributed by atoms with Crippen LogP contribution in [0.4, 0.5) is 10.1 Å². The Hall–Kier alpha value is -1.67. The Morgan fingerprint density at radius 3 is 2.71 bits per heavy atom. The summed E-state index contributed by atoms with van der Waals surface area (Å²) in [6, 6.07) is 2.68. The molecule has 6 nitrogen and oxygen atoms in total. The minimum absolute atomic E-state index is 0.0241. The molecule has 1 saturated heterocycles. The van der Waals surface area contributed by atoms with Gasteiger partial charge in [0.1, 0.15) is 5.82 Å². The molecule has 0 radical (unpaired) electrons. The smallest absolute Gasteiger partial charge is 0.241 e. The lowest BCUT2D eigenvalue weighted by Crippen LogP contribution is -2.42. The molecular formula is C13H18FN3O3S. The molecule has 0 aromatic heterocycles. The van der Waals surface area contributed by atoms with Gasteiger partial charge in [0.15, 0.2) is 0 Å². The van der Waals surface area contributed by atoms with Crippen LogP contribution in [0.2, 0.25) is 0 Å². The highest BCUT2D eigenvalue weighted by Gasteiger charge is 2.24. The van der Waals surface area contributed by atoms with E-state index in [9.17, 15) is 17.6 Å². The molecule has 1 fully saturated rings. The first-order valence-corrected chi connectivity index (χ1v) is 8.12. The Labute approximate surface area is 123 Å². The van der Waals surface area contributed by atoms with E-state index in [4.69, 9.17) is 5.73 Å². The van der Waals surface area contributed by atoms with E-state index in [-0.39, 0.29) is 16.5 Å². The van der Waals surface area contributed by atoms with Crippen molar-refractivity contribution in [3.05, 3.63) is 24.0 Å². The summed E-state index contributed by atoms with van der Waals surface area (Å²) < 4.78 is 40.0. The van der Waals surface area contributed by atoms with E-state index < -0.39 is 21.9 Å². The molecule has 1 amide bonds. The van der Waals surface area contributed by atoms with Crippen LogP contribution in [-0.2, 0) is 14.8 Å². The number of nitrogens with one attached hydrogen (secondary N) is 1. The standard InChI is InChI=1S/C13H18FN3O3S/c1-9(8-17-4-2-3-13(17)18)16-21(19,20)12-6-10(14)5-11(15)7-12/h5-7,9,16H,2-4,8,15H2,1H3. The fourth-order valence-electron chi connectivity index (χ4n) is 2.34. The number of nitrogens with two attached hydrogens (primary N) is 1. The van der Waals surface area contributed by atoms with Crippen molar-refractivity contribution in [2.24, 2.45) is 0 Å². The van der Waals surface area contributed by atoms with Crippen LogP contribution in [-0.4, -0.2) is 38.4 Å². The van der Waals surface area contributed by atoms with Gasteiger partial charge in [-0.3, -0.25) is 4.79 Å². The number of nitrogen functional groups attached to an aromatic ring is 1. The van der Waals surface area contributed by atoms with Crippen molar-refractivity contribution < 1.29 is 17.6 Å². The number of halogens is 1. The fraction of sp³-hybridized carbons (Fsp3) is 0.462. The third-order valence-electron chi connectivity index (χ3n) is 3.23. The van der Waals surface area contributed by atoms with E-state index in [2.05, 4.69) is 4.72 Å². The zero-order chi connectivity index (χ0) is 15.6. The van der Waals surface area contributed by atoms with Crippen molar-refractivity contribution >= 4 is 21.6 Å². The topological polar surface area (TPSA) is 92.5 Å². The van der Waals surface area contributed by atoms with Gasteiger partial charge in [0, 0.05) is 31.2 Å². The molecular weight excluding hydrogens is 297 g/mol. The maximum absolute atomic E-state index is 13.2. The van der Waals surface area contributed by atoms with Gasteiger partial charge in [-0.25, -0.2) is 17.5 Å². The first-order chi connectivity index (χ1) is 9.78. The first-order valence-electron chi connectivity index (χ1n) is 6.64. The molecule has 0 aliphatic carbocycles. The summed E-state index contributed by atoms with van der Waals surface area (Å²) in [6.07, 6.45) is 1.29. The molecule has 8 heteroatoms. The average molecular weight is 315 g/mol. The van der Waals surface area contributed by atoms with Crippen LogP contribution in [0.5, 0.6) is 0 Å². The number of carbonyl (C=O) groups excluding carboxylic acids is 1. The summed E-state index contributed by atoms with van der Waals surface area (Å²) in [4.78, 5) is 12.9. The van der Waals surface area contributed by atoms with Gasteiger partial charge < -0.3 is 10.6 Å². The Bertz CT molecular complexity index is 628. The maximum Gasteiger partial charge on any atom is 0.241 e. The summed E-state index contributed by atoms with van der Waals surface area (Å²) in [7, 11) is -3.87. The largest absolute Gasteiger partial charge is 0.399 e. The number of carbonyl (C=O) groups is 1. The quantitative estimate of drug-likeness (QED) is 0.782. The van der Waals surface area contributed by atoms with Crippen molar-refractivity contribution in [1.82, 2.24) is 9.62 Å². The zero-order valence-electron chi connectivity index (χ0n) is 11.7. The molecule has 21 heavy (non-hydrogen) atoms. The van der Waals surface area contributed by atoms with Crippen molar-refractivity contribution in [3.63, 3.8) is 0 Å². The summed E-state index contributed by atoms with van der Waals surface area (Å²) >= 11 is 0. The Kier molecular flexibility index (Phi) is 4.48. The molecule has 0 saturated carbocycles. The second kappa shape index (κ2) is 5.98. The second-order valence-electron chi connectivity index (χ2n) is 5.19. The first kappa shape index (κ1) is 15.7. The minimum atomic E-state index is -3.87. The Balaban J connectivity index is 2.07. The molecule has 1 aromatic carbocycles. The van der Waals surface area contributed by atoms with E-state index >= 15 is 0 Å². The number of benzene rings is 1. The lowest BCUT2D eigenvalue weighted by atomic mass is 10.3. The third kappa shape index (κ3) is 3.92. The van der Waals surface area contributed by atoms with Gasteiger partial charge in [-0.05, 0) is 31.5 Å².